The number of nitrogens with zero attached hydrogens (tertiary/aromatic N) is 1. The second-order valence-corrected chi connectivity index (χ2v) is 4.68. The van der Waals surface area contributed by atoms with Gasteiger partial charge < -0.3 is 5.11 Å². The van der Waals surface area contributed by atoms with Gasteiger partial charge in [-0.1, -0.05) is 32.0 Å². The molecule has 0 spiro atoms. The summed E-state index contributed by atoms with van der Waals surface area (Å²) in [5.74, 6) is -0.621. The number of hydrogen-bond donors (Lipinski definition) is 1. The molecule has 94 valence electrons. The molecule has 0 aliphatic carbocycles. The predicted molar refractivity (Wildman–Crippen MR) is 72.1 cm³/mol. The number of aryl methyl sites for hydroxylation is 1. The van der Waals surface area contributed by atoms with E-state index in [4.69, 9.17) is 0 Å². The van der Waals surface area contributed by atoms with E-state index in [1.807, 2.05) is 25.1 Å². The number of hydrogen-bond acceptors (Lipinski definition) is 2. The average molecular weight is 243 g/mol. The van der Waals surface area contributed by atoms with E-state index in [0.717, 1.165) is 28.6 Å². The molecule has 3 nitrogen and oxygen atoms in total. The normalized spacial score (nSPS) is 12.6. The summed E-state index contributed by atoms with van der Waals surface area (Å²) in [4.78, 5) is 16.0. The summed E-state index contributed by atoms with van der Waals surface area (Å²) in [6, 6.07) is 7.35. The Bertz CT molecular complexity index is 605. The Labute approximate surface area is 106 Å². The molecule has 0 radical (unpaired) electrons. The van der Waals surface area contributed by atoms with Crippen LogP contribution in [0.2, 0.25) is 0 Å². The molecule has 1 aromatic carbocycles. The Morgan fingerprint density at radius 2 is 2.17 bits per heavy atom. The van der Waals surface area contributed by atoms with Crippen LogP contribution in [-0.2, 0) is 0 Å². The Balaban J connectivity index is 2.79. The SMILES string of the molecule is CCC(C)c1cc(C(=O)O)c2cccc(C)c2n1. The second kappa shape index (κ2) is 4.77. The molecule has 0 fully saturated rings. The molecule has 0 aliphatic rings. The van der Waals surface area contributed by atoms with Crippen LogP contribution in [0, 0.1) is 6.92 Å². The van der Waals surface area contributed by atoms with Gasteiger partial charge in [0.1, 0.15) is 0 Å². The van der Waals surface area contributed by atoms with Crippen LogP contribution < -0.4 is 0 Å². The van der Waals surface area contributed by atoms with Gasteiger partial charge in [-0.05, 0) is 30.9 Å². The maximum absolute atomic E-state index is 11.4. The third-order valence-electron chi connectivity index (χ3n) is 3.41. The van der Waals surface area contributed by atoms with Gasteiger partial charge in [-0.2, -0.15) is 0 Å². The summed E-state index contributed by atoms with van der Waals surface area (Å²) in [7, 11) is 0. The van der Waals surface area contributed by atoms with Gasteiger partial charge >= 0.3 is 5.97 Å². The van der Waals surface area contributed by atoms with Crippen molar-refractivity contribution in [2.45, 2.75) is 33.1 Å². The number of benzene rings is 1. The van der Waals surface area contributed by atoms with Crippen LogP contribution in [0.5, 0.6) is 0 Å². The monoisotopic (exact) mass is 243 g/mol. The molecule has 1 aromatic heterocycles. The standard InChI is InChI=1S/C15H17NO2/c1-4-9(2)13-8-12(15(17)18)11-7-5-6-10(3)14(11)16-13/h5-9H,4H2,1-3H3,(H,17,18). The molecule has 0 saturated carbocycles. The minimum Gasteiger partial charge on any atom is -0.478 e. The van der Waals surface area contributed by atoms with Crippen molar-refractivity contribution in [1.29, 1.82) is 0 Å². The fourth-order valence-corrected chi connectivity index (χ4v) is 2.05. The maximum atomic E-state index is 11.4. The van der Waals surface area contributed by atoms with Gasteiger partial charge in [0.05, 0.1) is 11.1 Å². The maximum Gasteiger partial charge on any atom is 0.336 e. The molecule has 1 N–H and O–H groups in total. The zero-order chi connectivity index (χ0) is 13.3. The number of carboxylic acid groups (broad SMARTS) is 1. The Hall–Kier alpha value is -1.90. The molecule has 1 heterocycles. The Kier molecular flexibility index (Phi) is 3.32. The quantitative estimate of drug-likeness (QED) is 0.893. The fourth-order valence-electron chi connectivity index (χ4n) is 2.05. The predicted octanol–water partition coefficient (Wildman–Crippen LogP) is 3.75. The van der Waals surface area contributed by atoms with Gasteiger partial charge in [-0.15, -0.1) is 0 Å². The second-order valence-electron chi connectivity index (χ2n) is 4.68. The van der Waals surface area contributed by atoms with E-state index < -0.39 is 5.97 Å². The topological polar surface area (TPSA) is 50.2 Å². The van der Waals surface area contributed by atoms with Crippen LogP contribution >= 0.6 is 0 Å². The van der Waals surface area contributed by atoms with E-state index in [0.29, 0.717) is 5.56 Å². The van der Waals surface area contributed by atoms with Crippen LogP contribution in [0.15, 0.2) is 24.3 Å². The van der Waals surface area contributed by atoms with E-state index in [1.54, 1.807) is 6.07 Å². The number of para-hydroxylation sites is 1. The lowest BCUT2D eigenvalue weighted by molar-refractivity contribution is 0.0699. The van der Waals surface area contributed by atoms with Crippen molar-refractivity contribution in [2.75, 3.05) is 0 Å². The number of rotatable bonds is 3. The molecule has 0 amide bonds. The smallest absolute Gasteiger partial charge is 0.336 e. The molecule has 0 bridgehead atoms. The van der Waals surface area contributed by atoms with Gasteiger partial charge in [0, 0.05) is 11.1 Å². The highest BCUT2D eigenvalue weighted by atomic mass is 16.4. The number of carbonyl (C=O) groups is 1. The first kappa shape index (κ1) is 12.6. The van der Waals surface area contributed by atoms with Gasteiger partial charge in [-0.25, -0.2) is 4.79 Å². The first-order valence-electron chi connectivity index (χ1n) is 6.18. The molecule has 2 rings (SSSR count). The molecular weight excluding hydrogens is 226 g/mol. The highest BCUT2D eigenvalue weighted by molar-refractivity contribution is 6.03. The lowest BCUT2D eigenvalue weighted by Crippen LogP contribution is -2.04. The van der Waals surface area contributed by atoms with Crippen LogP contribution in [0.4, 0.5) is 0 Å². The number of carboxylic acids is 1. The van der Waals surface area contributed by atoms with Crippen LogP contribution in [0.25, 0.3) is 10.9 Å². The van der Waals surface area contributed by atoms with Crippen LogP contribution in [-0.4, -0.2) is 16.1 Å². The van der Waals surface area contributed by atoms with Crippen LogP contribution in [0.3, 0.4) is 0 Å². The third kappa shape index (κ3) is 2.08. The summed E-state index contributed by atoms with van der Waals surface area (Å²) in [5, 5.41) is 10.0. The molecule has 0 aliphatic heterocycles. The molecule has 2 aromatic rings. The molecule has 1 unspecified atom stereocenters. The summed E-state index contributed by atoms with van der Waals surface area (Å²) in [5.41, 5.74) is 3.02. The van der Waals surface area contributed by atoms with Crippen molar-refractivity contribution in [3.05, 3.63) is 41.1 Å². The minimum absolute atomic E-state index is 0.270. The lowest BCUT2D eigenvalue weighted by Gasteiger charge is -2.12. The summed E-state index contributed by atoms with van der Waals surface area (Å²) < 4.78 is 0. The Morgan fingerprint density at radius 1 is 1.44 bits per heavy atom. The number of fused-ring (bicyclic) bond motifs is 1. The van der Waals surface area contributed by atoms with Crippen molar-refractivity contribution in [3.63, 3.8) is 0 Å². The van der Waals surface area contributed by atoms with E-state index in [1.165, 1.54) is 0 Å². The molecule has 3 heteroatoms. The first-order chi connectivity index (χ1) is 8.54. The highest BCUT2D eigenvalue weighted by Crippen LogP contribution is 2.26. The number of aromatic nitrogens is 1. The van der Waals surface area contributed by atoms with Crippen LogP contribution in [0.1, 0.15) is 47.8 Å². The Morgan fingerprint density at radius 3 is 2.78 bits per heavy atom. The van der Waals surface area contributed by atoms with Gasteiger partial charge in [0.25, 0.3) is 0 Å². The third-order valence-corrected chi connectivity index (χ3v) is 3.41. The number of pyridine rings is 1. The molecule has 1 atom stereocenters. The van der Waals surface area contributed by atoms with Crippen molar-refractivity contribution < 1.29 is 9.90 Å². The zero-order valence-electron chi connectivity index (χ0n) is 10.9. The highest BCUT2D eigenvalue weighted by Gasteiger charge is 2.15. The average Bonchev–Trinajstić information content (AvgIpc) is 2.37. The fraction of sp³-hybridized carbons (Fsp3) is 0.333. The van der Waals surface area contributed by atoms with Crippen molar-refractivity contribution >= 4 is 16.9 Å². The number of aromatic carboxylic acids is 1. The largest absolute Gasteiger partial charge is 0.478 e. The van der Waals surface area contributed by atoms with E-state index in [2.05, 4.69) is 18.8 Å². The summed E-state index contributed by atoms with van der Waals surface area (Å²) in [6.45, 7) is 6.11. The molecule has 0 saturated heterocycles. The summed E-state index contributed by atoms with van der Waals surface area (Å²) >= 11 is 0. The lowest BCUT2D eigenvalue weighted by atomic mass is 9.98. The molecular formula is C15H17NO2. The van der Waals surface area contributed by atoms with E-state index >= 15 is 0 Å². The van der Waals surface area contributed by atoms with Gasteiger partial charge in [0.2, 0.25) is 0 Å². The van der Waals surface area contributed by atoms with E-state index in [-0.39, 0.29) is 5.92 Å². The van der Waals surface area contributed by atoms with Crippen molar-refractivity contribution in [3.8, 4) is 0 Å². The van der Waals surface area contributed by atoms with E-state index in [9.17, 15) is 9.90 Å². The van der Waals surface area contributed by atoms with Gasteiger partial charge in [-0.3, -0.25) is 4.98 Å². The first-order valence-corrected chi connectivity index (χ1v) is 6.18. The zero-order valence-corrected chi connectivity index (χ0v) is 10.9. The minimum atomic E-state index is -0.891. The van der Waals surface area contributed by atoms with Gasteiger partial charge in [0.15, 0.2) is 0 Å². The molecule has 18 heavy (non-hydrogen) atoms. The van der Waals surface area contributed by atoms with Crippen molar-refractivity contribution in [1.82, 2.24) is 4.98 Å². The summed E-state index contributed by atoms with van der Waals surface area (Å²) in [6.07, 6.45) is 0.948. The van der Waals surface area contributed by atoms with Crippen molar-refractivity contribution in [2.24, 2.45) is 0 Å².